The second kappa shape index (κ2) is 5.55. The minimum Gasteiger partial charge on any atom is -0.381 e. The fourth-order valence-electron chi connectivity index (χ4n) is 2.97. The van der Waals surface area contributed by atoms with Gasteiger partial charge in [0.15, 0.2) is 0 Å². The zero-order chi connectivity index (χ0) is 14.0. The normalized spacial score (nSPS) is 22.2. The molecule has 0 spiro atoms. The van der Waals surface area contributed by atoms with E-state index in [1.54, 1.807) is 7.11 Å². The molecule has 2 aromatic carbocycles. The van der Waals surface area contributed by atoms with Crippen LogP contribution >= 0.6 is 7.14 Å². The third-order valence-corrected chi connectivity index (χ3v) is 7.88. The molecule has 0 aliphatic heterocycles. The van der Waals surface area contributed by atoms with Gasteiger partial charge in [0.05, 0.1) is 6.10 Å². The summed E-state index contributed by atoms with van der Waals surface area (Å²) < 4.78 is 19.4. The van der Waals surface area contributed by atoms with Gasteiger partial charge in [0, 0.05) is 23.4 Å². The molecule has 2 nitrogen and oxygen atoms in total. The van der Waals surface area contributed by atoms with E-state index in [4.69, 9.17) is 4.74 Å². The van der Waals surface area contributed by atoms with Gasteiger partial charge in [0.1, 0.15) is 7.14 Å². The number of hydrogen-bond acceptors (Lipinski definition) is 2. The summed E-state index contributed by atoms with van der Waals surface area (Å²) in [7, 11) is -0.907. The van der Waals surface area contributed by atoms with Crippen molar-refractivity contribution in [3.63, 3.8) is 0 Å². The molecular formula is C17H19O2P. The zero-order valence-corrected chi connectivity index (χ0v) is 12.5. The van der Waals surface area contributed by atoms with Crippen molar-refractivity contribution in [2.75, 3.05) is 7.11 Å². The van der Waals surface area contributed by atoms with Crippen molar-refractivity contribution >= 4 is 17.8 Å². The van der Waals surface area contributed by atoms with Crippen LogP contribution in [0, 0.1) is 0 Å². The molecule has 0 bridgehead atoms. The molecule has 0 amide bonds. The van der Waals surface area contributed by atoms with Crippen LogP contribution in [-0.2, 0) is 9.30 Å². The molecule has 20 heavy (non-hydrogen) atoms. The molecule has 0 saturated heterocycles. The number of methoxy groups -OCH3 is 1. The van der Waals surface area contributed by atoms with Gasteiger partial charge in [0.25, 0.3) is 0 Å². The third kappa shape index (κ3) is 2.13. The number of hydrogen-bond donors (Lipinski definition) is 0. The van der Waals surface area contributed by atoms with Crippen molar-refractivity contribution in [3.05, 3.63) is 60.7 Å². The minimum atomic E-state index is -2.63. The summed E-state index contributed by atoms with van der Waals surface area (Å²) in [4.78, 5) is 0. The van der Waals surface area contributed by atoms with Crippen LogP contribution in [0.5, 0.6) is 0 Å². The van der Waals surface area contributed by atoms with E-state index in [2.05, 4.69) is 0 Å². The Kier molecular flexibility index (Phi) is 3.78. The predicted octanol–water partition coefficient (Wildman–Crippen LogP) is 3.18. The van der Waals surface area contributed by atoms with Crippen molar-refractivity contribution in [2.24, 2.45) is 0 Å². The topological polar surface area (TPSA) is 26.3 Å². The fraction of sp³-hybridized carbons (Fsp3) is 0.294. The lowest BCUT2D eigenvalue weighted by atomic mass is 9.95. The van der Waals surface area contributed by atoms with E-state index in [0.717, 1.165) is 23.5 Å². The van der Waals surface area contributed by atoms with Crippen LogP contribution in [0.15, 0.2) is 60.7 Å². The van der Waals surface area contributed by atoms with Crippen LogP contribution in [-0.4, -0.2) is 18.9 Å². The summed E-state index contributed by atoms with van der Waals surface area (Å²) in [6, 6.07) is 19.7. The molecule has 104 valence electrons. The Bertz CT molecular complexity index is 564. The van der Waals surface area contributed by atoms with E-state index in [9.17, 15) is 4.57 Å². The first-order valence-electron chi connectivity index (χ1n) is 7.00. The van der Waals surface area contributed by atoms with Gasteiger partial charge in [-0.05, 0) is 12.8 Å². The smallest absolute Gasteiger partial charge is 0.148 e. The van der Waals surface area contributed by atoms with Gasteiger partial charge in [-0.25, -0.2) is 0 Å². The van der Waals surface area contributed by atoms with Gasteiger partial charge in [-0.15, -0.1) is 0 Å². The molecule has 1 saturated carbocycles. The van der Waals surface area contributed by atoms with E-state index < -0.39 is 7.14 Å². The molecule has 3 rings (SSSR count). The first-order valence-corrected chi connectivity index (χ1v) is 8.78. The molecule has 0 radical (unpaired) electrons. The highest BCUT2D eigenvalue weighted by molar-refractivity contribution is 7.79. The van der Waals surface area contributed by atoms with E-state index >= 15 is 0 Å². The summed E-state index contributed by atoms with van der Waals surface area (Å²) in [5.74, 6) is 0. The van der Waals surface area contributed by atoms with Crippen molar-refractivity contribution in [1.29, 1.82) is 0 Å². The van der Waals surface area contributed by atoms with Crippen molar-refractivity contribution in [2.45, 2.75) is 24.6 Å². The van der Waals surface area contributed by atoms with Crippen LogP contribution < -0.4 is 10.6 Å². The van der Waals surface area contributed by atoms with Gasteiger partial charge in [0.2, 0.25) is 0 Å². The summed E-state index contributed by atoms with van der Waals surface area (Å²) in [5, 5.41) is 1.89. The highest BCUT2D eigenvalue weighted by Gasteiger charge is 2.46. The maximum absolute atomic E-state index is 13.9. The molecule has 0 N–H and O–H groups in total. The number of benzene rings is 2. The lowest BCUT2D eigenvalue weighted by Crippen LogP contribution is -2.43. The van der Waals surface area contributed by atoms with Crippen molar-refractivity contribution in [1.82, 2.24) is 0 Å². The minimum absolute atomic E-state index is 0.109. The average molecular weight is 286 g/mol. The third-order valence-electron chi connectivity index (χ3n) is 4.23. The van der Waals surface area contributed by atoms with Gasteiger partial charge < -0.3 is 9.30 Å². The van der Waals surface area contributed by atoms with Crippen LogP contribution in [0.25, 0.3) is 0 Å². The Balaban J connectivity index is 2.11. The maximum Gasteiger partial charge on any atom is 0.148 e. The largest absolute Gasteiger partial charge is 0.381 e. The number of ether oxygens (including phenoxy) is 1. The fourth-order valence-corrected chi connectivity index (χ4v) is 6.52. The van der Waals surface area contributed by atoms with Gasteiger partial charge >= 0.3 is 0 Å². The zero-order valence-electron chi connectivity index (χ0n) is 11.6. The van der Waals surface area contributed by atoms with Crippen LogP contribution in [0.1, 0.15) is 12.8 Å². The van der Waals surface area contributed by atoms with E-state index in [1.165, 1.54) is 0 Å². The molecule has 1 aliphatic carbocycles. The highest BCUT2D eigenvalue weighted by Crippen LogP contribution is 2.56. The summed E-state index contributed by atoms with van der Waals surface area (Å²) in [5.41, 5.74) is 0.109. The van der Waals surface area contributed by atoms with Gasteiger partial charge in [-0.1, -0.05) is 60.7 Å². The molecule has 2 unspecified atom stereocenters. The molecule has 0 aromatic heterocycles. The molecule has 1 fully saturated rings. The quantitative estimate of drug-likeness (QED) is 0.807. The van der Waals surface area contributed by atoms with Crippen molar-refractivity contribution in [3.8, 4) is 0 Å². The summed E-state index contributed by atoms with van der Waals surface area (Å²) in [6.45, 7) is 0. The maximum atomic E-state index is 13.9. The SMILES string of the molecule is COC1CCC1P(=O)(c1ccccc1)c1ccccc1. The first kappa shape index (κ1) is 13.6. The monoisotopic (exact) mass is 286 g/mol. The molecule has 1 aliphatic rings. The second-order valence-corrected chi connectivity index (χ2v) is 8.26. The lowest BCUT2D eigenvalue weighted by Gasteiger charge is -2.41. The summed E-state index contributed by atoms with van der Waals surface area (Å²) in [6.07, 6.45) is 2.09. The highest BCUT2D eigenvalue weighted by atomic mass is 31.2. The second-order valence-electron chi connectivity index (χ2n) is 5.25. The number of rotatable bonds is 4. The molecular weight excluding hydrogens is 267 g/mol. The van der Waals surface area contributed by atoms with E-state index in [0.29, 0.717) is 0 Å². The Morgan fingerprint density at radius 3 is 1.75 bits per heavy atom. The van der Waals surface area contributed by atoms with Gasteiger partial charge in [-0.2, -0.15) is 0 Å². The Morgan fingerprint density at radius 2 is 1.40 bits per heavy atom. The first-order chi connectivity index (χ1) is 9.76. The standard InChI is InChI=1S/C17H19O2P/c1-19-16-12-13-17(16)20(18,14-8-4-2-5-9-14)15-10-6-3-7-11-15/h2-11,16-17H,12-13H2,1H3. The van der Waals surface area contributed by atoms with Crippen LogP contribution in [0.2, 0.25) is 0 Å². The van der Waals surface area contributed by atoms with E-state index in [-0.39, 0.29) is 11.8 Å². The lowest BCUT2D eigenvalue weighted by molar-refractivity contribution is 0.0450. The molecule has 2 atom stereocenters. The average Bonchev–Trinajstić information content (AvgIpc) is 2.48. The Hall–Kier alpha value is -1.37. The van der Waals surface area contributed by atoms with E-state index in [1.807, 2.05) is 60.7 Å². The van der Waals surface area contributed by atoms with Crippen LogP contribution in [0.3, 0.4) is 0 Å². The predicted molar refractivity (Wildman–Crippen MR) is 83.6 cm³/mol. The van der Waals surface area contributed by atoms with Crippen LogP contribution in [0.4, 0.5) is 0 Å². The molecule has 3 heteroatoms. The Morgan fingerprint density at radius 1 is 0.900 bits per heavy atom. The van der Waals surface area contributed by atoms with Gasteiger partial charge in [-0.3, -0.25) is 0 Å². The molecule has 0 heterocycles. The Labute approximate surface area is 120 Å². The summed E-state index contributed by atoms with van der Waals surface area (Å²) >= 11 is 0. The van der Waals surface area contributed by atoms with Crippen molar-refractivity contribution < 1.29 is 9.30 Å². The molecule has 2 aromatic rings.